The monoisotopic (exact) mass is 324 g/mol. The molecule has 1 aromatic carbocycles. The number of hydrogen-bond acceptors (Lipinski definition) is 3. The van der Waals surface area contributed by atoms with Crippen molar-refractivity contribution in [2.24, 2.45) is 11.8 Å². The molecular weight excluding hydrogens is 300 g/mol. The molecule has 3 unspecified atom stereocenters. The number of benzene rings is 1. The lowest BCUT2D eigenvalue weighted by Gasteiger charge is -2.17. The molecule has 22 heavy (non-hydrogen) atoms. The molecule has 4 nitrogen and oxygen atoms in total. The van der Waals surface area contributed by atoms with Crippen molar-refractivity contribution in [1.29, 1.82) is 0 Å². The molecule has 0 radical (unpaired) electrons. The average Bonchev–Trinajstić information content (AvgIpc) is 3.24. The van der Waals surface area contributed by atoms with E-state index in [-0.39, 0.29) is 17.8 Å². The summed E-state index contributed by atoms with van der Waals surface area (Å²) < 4.78 is 24.6. The van der Waals surface area contributed by atoms with Gasteiger partial charge < -0.3 is 5.11 Å². The third kappa shape index (κ3) is 3.51. The zero-order valence-electron chi connectivity index (χ0n) is 13.3. The molecule has 5 heteroatoms. The highest BCUT2D eigenvalue weighted by Crippen LogP contribution is 2.46. The van der Waals surface area contributed by atoms with Gasteiger partial charge in [-0.15, -0.1) is 0 Å². The predicted octanol–water partition coefficient (Wildman–Crippen LogP) is 3.47. The number of carbonyl (C=O) groups is 1. The normalized spacial score (nSPS) is 22.5. The van der Waals surface area contributed by atoms with Crippen LogP contribution in [-0.4, -0.2) is 24.7 Å². The van der Waals surface area contributed by atoms with Gasteiger partial charge in [0.15, 0.2) is 9.84 Å². The molecule has 1 aromatic rings. The van der Waals surface area contributed by atoms with Crippen LogP contribution in [0.4, 0.5) is 0 Å². The summed E-state index contributed by atoms with van der Waals surface area (Å²) in [6.07, 6.45) is 2.45. The molecule has 0 amide bonds. The smallest absolute Gasteiger partial charge is 0.306 e. The van der Waals surface area contributed by atoms with Crippen LogP contribution in [0.1, 0.15) is 51.5 Å². The minimum atomic E-state index is -3.27. The zero-order valence-corrected chi connectivity index (χ0v) is 14.1. The second kappa shape index (κ2) is 6.41. The minimum absolute atomic E-state index is 0.211. The topological polar surface area (TPSA) is 71.4 Å². The molecular formula is C17H24O4S. The van der Waals surface area contributed by atoms with E-state index in [2.05, 4.69) is 6.92 Å². The average molecular weight is 324 g/mol. The lowest BCUT2D eigenvalue weighted by molar-refractivity contribution is -0.138. The van der Waals surface area contributed by atoms with Crippen molar-refractivity contribution in [3.8, 4) is 0 Å². The Labute approximate surface area is 132 Å². The summed E-state index contributed by atoms with van der Waals surface area (Å²) in [7, 11) is -3.27. The van der Waals surface area contributed by atoms with Crippen molar-refractivity contribution >= 4 is 15.8 Å². The Kier molecular flexibility index (Phi) is 4.95. The van der Waals surface area contributed by atoms with Gasteiger partial charge in [-0.05, 0) is 62.6 Å². The standard InChI is InChI=1S/C17H24O4S/c1-4-12(8-14-10-16(14)17(18)19)13-6-5-7-15(9-13)22(20,21)11(2)3/h5-7,9,11-12,14,16H,4,8,10H2,1-3H3,(H,18,19). The maximum absolute atomic E-state index is 12.3. The lowest BCUT2D eigenvalue weighted by atomic mass is 9.91. The number of rotatable bonds is 7. The number of carboxylic acid groups (broad SMARTS) is 1. The first-order chi connectivity index (χ1) is 10.3. The summed E-state index contributed by atoms with van der Waals surface area (Å²) in [6.45, 7) is 5.42. The summed E-state index contributed by atoms with van der Waals surface area (Å²) in [4.78, 5) is 11.3. The van der Waals surface area contributed by atoms with Gasteiger partial charge in [0, 0.05) is 0 Å². The van der Waals surface area contributed by atoms with Crippen LogP contribution in [-0.2, 0) is 14.6 Å². The van der Waals surface area contributed by atoms with Gasteiger partial charge in [-0.25, -0.2) is 8.42 Å². The summed E-state index contributed by atoms with van der Waals surface area (Å²) in [6, 6.07) is 7.14. The highest BCUT2D eigenvalue weighted by molar-refractivity contribution is 7.92. The van der Waals surface area contributed by atoms with E-state index in [9.17, 15) is 13.2 Å². The molecule has 1 fully saturated rings. The molecule has 122 valence electrons. The Hall–Kier alpha value is -1.36. The molecule has 1 aliphatic rings. The Morgan fingerprint density at radius 3 is 2.55 bits per heavy atom. The Bertz CT molecular complexity index is 648. The Balaban J connectivity index is 2.19. The molecule has 0 aromatic heterocycles. The van der Waals surface area contributed by atoms with Crippen LogP contribution < -0.4 is 0 Å². The maximum Gasteiger partial charge on any atom is 0.306 e. The summed E-state index contributed by atoms with van der Waals surface area (Å²) in [5.74, 6) is -0.475. The van der Waals surface area contributed by atoms with Crippen molar-refractivity contribution < 1.29 is 18.3 Å². The highest BCUT2D eigenvalue weighted by Gasteiger charge is 2.43. The van der Waals surface area contributed by atoms with E-state index in [0.717, 1.165) is 24.8 Å². The fourth-order valence-electron chi connectivity index (χ4n) is 2.93. The van der Waals surface area contributed by atoms with E-state index in [1.54, 1.807) is 32.0 Å². The molecule has 1 saturated carbocycles. The lowest BCUT2D eigenvalue weighted by Crippen LogP contribution is -2.14. The first-order valence-electron chi connectivity index (χ1n) is 7.84. The van der Waals surface area contributed by atoms with Crippen molar-refractivity contribution in [2.45, 2.75) is 56.1 Å². The molecule has 0 aliphatic heterocycles. The molecule has 0 saturated heterocycles. The fourth-order valence-corrected chi connectivity index (χ4v) is 4.04. The SMILES string of the molecule is CCC(CC1CC1C(=O)O)c1cccc(S(=O)(=O)C(C)C)c1. The van der Waals surface area contributed by atoms with Gasteiger partial charge in [0.1, 0.15) is 0 Å². The summed E-state index contributed by atoms with van der Waals surface area (Å²) >= 11 is 0. The van der Waals surface area contributed by atoms with Crippen molar-refractivity contribution in [2.75, 3.05) is 0 Å². The second-order valence-corrected chi connectivity index (χ2v) is 8.95. The van der Waals surface area contributed by atoms with Crippen molar-refractivity contribution in [3.63, 3.8) is 0 Å². The van der Waals surface area contributed by atoms with Crippen LogP contribution in [0, 0.1) is 11.8 Å². The quantitative estimate of drug-likeness (QED) is 0.833. The third-order valence-corrected chi connectivity index (χ3v) is 6.75. The molecule has 1 aliphatic carbocycles. The van der Waals surface area contributed by atoms with E-state index in [0.29, 0.717) is 4.90 Å². The number of sulfone groups is 1. The van der Waals surface area contributed by atoms with Crippen molar-refractivity contribution in [3.05, 3.63) is 29.8 Å². The number of aliphatic carboxylic acids is 1. The third-order valence-electron chi connectivity index (χ3n) is 4.60. The van der Waals surface area contributed by atoms with Crippen LogP contribution in [0.25, 0.3) is 0 Å². The predicted molar refractivity (Wildman–Crippen MR) is 85.6 cm³/mol. The van der Waals surface area contributed by atoms with E-state index in [4.69, 9.17) is 5.11 Å². The first kappa shape index (κ1) is 17.0. The maximum atomic E-state index is 12.3. The van der Waals surface area contributed by atoms with Gasteiger partial charge in [-0.1, -0.05) is 19.1 Å². The van der Waals surface area contributed by atoms with Crippen LogP contribution in [0.3, 0.4) is 0 Å². The molecule has 2 rings (SSSR count). The van der Waals surface area contributed by atoms with E-state index in [1.165, 1.54) is 0 Å². The van der Waals surface area contributed by atoms with E-state index >= 15 is 0 Å². The zero-order chi connectivity index (χ0) is 16.5. The molecule has 1 N–H and O–H groups in total. The van der Waals surface area contributed by atoms with Crippen LogP contribution in [0.2, 0.25) is 0 Å². The molecule has 0 bridgehead atoms. The van der Waals surface area contributed by atoms with Crippen LogP contribution in [0.5, 0.6) is 0 Å². The second-order valence-electron chi connectivity index (χ2n) is 6.45. The molecule has 0 spiro atoms. The van der Waals surface area contributed by atoms with Crippen LogP contribution >= 0.6 is 0 Å². The van der Waals surface area contributed by atoms with Gasteiger partial charge in [0.05, 0.1) is 16.1 Å². The van der Waals surface area contributed by atoms with E-state index < -0.39 is 21.1 Å². The largest absolute Gasteiger partial charge is 0.481 e. The Morgan fingerprint density at radius 1 is 1.36 bits per heavy atom. The molecule has 3 atom stereocenters. The van der Waals surface area contributed by atoms with Crippen LogP contribution in [0.15, 0.2) is 29.2 Å². The summed E-state index contributed by atoms with van der Waals surface area (Å²) in [5, 5.41) is 8.57. The molecule has 0 heterocycles. The summed E-state index contributed by atoms with van der Waals surface area (Å²) in [5.41, 5.74) is 1.00. The fraction of sp³-hybridized carbons (Fsp3) is 0.588. The minimum Gasteiger partial charge on any atom is -0.481 e. The first-order valence-corrected chi connectivity index (χ1v) is 9.38. The number of carboxylic acids is 1. The van der Waals surface area contributed by atoms with Gasteiger partial charge in [-0.2, -0.15) is 0 Å². The van der Waals surface area contributed by atoms with Gasteiger partial charge in [0.2, 0.25) is 0 Å². The Morgan fingerprint density at radius 2 is 2.05 bits per heavy atom. The van der Waals surface area contributed by atoms with Gasteiger partial charge >= 0.3 is 5.97 Å². The van der Waals surface area contributed by atoms with E-state index in [1.807, 2.05) is 6.07 Å². The number of hydrogen-bond donors (Lipinski definition) is 1. The highest BCUT2D eigenvalue weighted by atomic mass is 32.2. The van der Waals surface area contributed by atoms with Crippen molar-refractivity contribution in [1.82, 2.24) is 0 Å². The van der Waals surface area contributed by atoms with Gasteiger partial charge in [-0.3, -0.25) is 4.79 Å². The van der Waals surface area contributed by atoms with Gasteiger partial charge in [0.25, 0.3) is 0 Å².